The van der Waals surface area contributed by atoms with Crippen LogP contribution in [0.5, 0.6) is 0 Å². The highest BCUT2D eigenvalue weighted by Gasteiger charge is 2.48. The Hall–Kier alpha value is -1.28. The van der Waals surface area contributed by atoms with E-state index in [1.165, 1.54) is 6.33 Å². The average Bonchev–Trinajstić information content (AvgIpc) is 3.07. The monoisotopic (exact) mass is 450 g/mol. The minimum absolute atomic E-state index is 0.0420. The summed E-state index contributed by atoms with van der Waals surface area (Å²) in [4.78, 5) is 12.3. The van der Waals surface area contributed by atoms with E-state index in [1.807, 2.05) is 13.8 Å². The van der Waals surface area contributed by atoms with Gasteiger partial charge in [-0.25, -0.2) is 4.98 Å². The number of aromatic nitrogens is 4. The van der Waals surface area contributed by atoms with E-state index in [-0.39, 0.29) is 24.5 Å². The molecule has 0 saturated carbocycles. The number of hydrogen-bond acceptors (Lipinski definition) is 9. The minimum Gasteiger partial charge on any atom is -0.394 e. The molecular formula is C13H19IN6O4. The first-order chi connectivity index (χ1) is 11.5. The fourth-order valence-electron chi connectivity index (χ4n) is 2.79. The summed E-state index contributed by atoms with van der Waals surface area (Å²) >= 11 is 1.80. The molecule has 132 valence electrons. The van der Waals surface area contributed by atoms with Gasteiger partial charge in [0.05, 0.1) is 19.0 Å². The number of nitrogens with zero attached hydrogens (tertiary/aromatic N) is 4. The molecule has 1 fully saturated rings. The van der Waals surface area contributed by atoms with Crippen LogP contribution in [0.15, 0.2) is 6.33 Å². The molecule has 1 aliphatic rings. The third-order valence-corrected chi connectivity index (χ3v) is 4.32. The molecule has 4 atom stereocenters. The Morgan fingerprint density at radius 1 is 1.38 bits per heavy atom. The molecule has 0 amide bonds. The minimum atomic E-state index is -0.596. The maximum absolute atomic E-state index is 9.63. The molecule has 4 unspecified atom stereocenters. The second kappa shape index (κ2) is 6.92. The predicted molar refractivity (Wildman–Crippen MR) is 94.0 cm³/mol. The van der Waals surface area contributed by atoms with Crippen LogP contribution in [0, 0.1) is 0 Å². The van der Waals surface area contributed by atoms with Crippen molar-refractivity contribution in [3.8, 4) is 0 Å². The van der Waals surface area contributed by atoms with Gasteiger partial charge in [-0.2, -0.15) is 9.97 Å². The SMILES string of the molecule is CC(C)OC1C(CO)OC(n2cnc3c(N)nc(N)nc32)C1OI. The normalized spacial score (nSPS) is 27.4. The van der Waals surface area contributed by atoms with Crippen molar-refractivity contribution in [2.24, 2.45) is 0 Å². The summed E-state index contributed by atoms with van der Waals surface area (Å²) in [6.07, 6.45) is -0.554. The van der Waals surface area contributed by atoms with Gasteiger partial charge in [0.15, 0.2) is 17.7 Å². The van der Waals surface area contributed by atoms with Gasteiger partial charge < -0.3 is 29.1 Å². The van der Waals surface area contributed by atoms with Gasteiger partial charge in [0.1, 0.15) is 46.8 Å². The van der Waals surface area contributed by atoms with Crippen LogP contribution in [-0.4, -0.2) is 55.6 Å². The van der Waals surface area contributed by atoms with Gasteiger partial charge in [-0.1, -0.05) is 0 Å². The molecule has 0 radical (unpaired) electrons. The van der Waals surface area contributed by atoms with Crippen LogP contribution in [0.1, 0.15) is 20.1 Å². The topological polar surface area (TPSA) is 144 Å². The standard InChI is InChI=1S/C13H19IN6O4/c1-5(2)22-8-6(3-21)23-12(9(8)24-14)20-4-17-7-10(15)18-13(16)19-11(7)20/h4-6,8-9,12,21H,3H2,1-2H3,(H4,15,16,18,19). The Morgan fingerprint density at radius 2 is 2.12 bits per heavy atom. The Balaban J connectivity index is 2.02. The van der Waals surface area contributed by atoms with E-state index in [0.29, 0.717) is 11.2 Å². The van der Waals surface area contributed by atoms with Gasteiger partial charge >= 0.3 is 0 Å². The number of nitrogen functional groups attached to an aromatic ring is 2. The molecule has 0 bridgehead atoms. The summed E-state index contributed by atoms with van der Waals surface area (Å²) in [5, 5.41) is 9.63. The summed E-state index contributed by atoms with van der Waals surface area (Å²) in [6, 6.07) is 0. The first-order valence-electron chi connectivity index (χ1n) is 7.41. The third kappa shape index (κ3) is 3.01. The molecule has 1 saturated heterocycles. The van der Waals surface area contributed by atoms with E-state index in [4.69, 9.17) is 24.0 Å². The molecule has 5 N–H and O–H groups in total. The number of halogens is 1. The maximum Gasteiger partial charge on any atom is 0.224 e. The highest BCUT2D eigenvalue weighted by atomic mass is 127. The van der Waals surface area contributed by atoms with E-state index in [2.05, 4.69) is 15.0 Å². The maximum atomic E-state index is 9.63. The van der Waals surface area contributed by atoms with E-state index in [0.717, 1.165) is 0 Å². The highest BCUT2D eigenvalue weighted by Crippen LogP contribution is 2.37. The lowest BCUT2D eigenvalue weighted by Crippen LogP contribution is -2.38. The van der Waals surface area contributed by atoms with Crippen molar-refractivity contribution in [2.75, 3.05) is 18.1 Å². The molecule has 2 aromatic rings. The molecule has 0 aliphatic carbocycles. The van der Waals surface area contributed by atoms with Gasteiger partial charge in [0.25, 0.3) is 0 Å². The zero-order valence-electron chi connectivity index (χ0n) is 13.2. The van der Waals surface area contributed by atoms with Gasteiger partial charge in [-0.3, -0.25) is 4.57 Å². The summed E-state index contributed by atoms with van der Waals surface area (Å²) in [7, 11) is 0. The van der Waals surface area contributed by atoms with Crippen molar-refractivity contribution in [1.29, 1.82) is 0 Å². The van der Waals surface area contributed by atoms with Crippen LogP contribution in [0.25, 0.3) is 11.2 Å². The van der Waals surface area contributed by atoms with Crippen LogP contribution in [0.3, 0.4) is 0 Å². The number of aliphatic hydroxyl groups is 1. The van der Waals surface area contributed by atoms with Crippen molar-refractivity contribution in [1.82, 2.24) is 19.5 Å². The molecule has 2 aromatic heterocycles. The zero-order valence-corrected chi connectivity index (χ0v) is 15.3. The Morgan fingerprint density at radius 3 is 2.75 bits per heavy atom. The largest absolute Gasteiger partial charge is 0.394 e. The number of nitrogens with two attached hydrogens (primary N) is 2. The van der Waals surface area contributed by atoms with E-state index in [9.17, 15) is 5.11 Å². The predicted octanol–water partition coefficient (Wildman–Crippen LogP) is 0.409. The Labute approximate surface area is 152 Å². The van der Waals surface area contributed by atoms with Crippen LogP contribution in [-0.2, 0) is 12.5 Å². The number of aliphatic hydroxyl groups excluding tert-OH is 1. The van der Waals surface area contributed by atoms with Crippen LogP contribution in [0.4, 0.5) is 11.8 Å². The Bertz CT molecular complexity index is 726. The third-order valence-electron chi connectivity index (χ3n) is 3.74. The molecule has 10 nitrogen and oxygen atoms in total. The zero-order chi connectivity index (χ0) is 17.4. The summed E-state index contributed by atoms with van der Waals surface area (Å²) < 4.78 is 19.0. The molecular weight excluding hydrogens is 431 g/mol. The fourth-order valence-corrected chi connectivity index (χ4v) is 3.34. The summed E-state index contributed by atoms with van der Waals surface area (Å²) in [6.45, 7) is 3.62. The number of ether oxygens (including phenoxy) is 2. The van der Waals surface area contributed by atoms with Crippen molar-refractivity contribution in [2.45, 2.75) is 44.5 Å². The van der Waals surface area contributed by atoms with Crippen LogP contribution < -0.4 is 11.5 Å². The van der Waals surface area contributed by atoms with Crippen LogP contribution in [0.2, 0.25) is 0 Å². The molecule has 3 heterocycles. The van der Waals surface area contributed by atoms with Crippen molar-refractivity contribution in [3.63, 3.8) is 0 Å². The molecule has 11 heteroatoms. The van der Waals surface area contributed by atoms with Gasteiger partial charge in [-0.05, 0) is 13.8 Å². The van der Waals surface area contributed by atoms with Gasteiger partial charge in [0, 0.05) is 0 Å². The lowest BCUT2D eigenvalue weighted by molar-refractivity contribution is -0.0756. The number of imidazole rings is 1. The number of hydrogen-bond donors (Lipinski definition) is 3. The molecule has 0 spiro atoms. The average molecular weight is 450 g/mol. The first-order valence-corrected chi connectivity index (χ1v) is 8.29. The quantitative estimate of drug-likeness (QED) is 0.552. The lowest BCUT2D eigenvalue weighted by atomic mass is 10.1. The highest BCUT2D eigenvalue weighted by molar-refractivity contribution is 14.1. The summed E-state index contributed by atoms with van der Waals surface area (Å²) in [5.41, 5.74) is 12.4. The van der Waals surface area contributed by atoms with Crippen molar-refractivity contribution in [3.05, 3.63) is 6.33 Å². The lowest BCUT2D eigenvalue weighted by Gasteiger charge is -2.24. The Kier molecular flexibility index (Phi) is 5.05. The van der Waals surface area contributed by atoms with Gasteiger partial charge in [-0.15, -0.1) is 0 Å². The van der Waals surface area contributed by atoms with E-state index in [1.54, 1.807) is 27.6 Å². The fraction of sp³-hybridized carbons (Fsp3) is 0.615. The first kappa shape index (κ1) is 17.5. The number of rotatable bonds is 5. The molecule has 3 rings (SSSR count). The smallest absolute Gasteiger partial charge is 0.224 e. The second-order valence-electron chi connectivity index (χ2n) is 5.74. The summed E-state index contributed by atoms with van der Waals surface area (Å²) in [5.74, 6) is 0.232. The number of fused-ring (bicyclic) bond motifs is 1. The molecule has 1 aliphatic heterocycles. The molecule has 0 aromatic carbocycles. The van der Waals surface area contributed by atoms with Crippen molar-refractivity contribution < 1.29 is 17.6 Å². The molecule has 24 heavy (non-hydrogen) atoms. The second-order valence-corrected chi connectivity index (χ2v) is 6.25. The number of anilines is 2. The van der Waals surface area contributed by atoms with E-state index < -0.39 is 24.5 Å². The van der Waals surface area contributed by atoms with E-state index >= 15 is 0 Å². The van der Waals surface area contributed by atoms with Gasteiger partial charge in [0.2, 0.25) is 5.95 Å². The van der Waals surface area contributed by atoms with Crippen LogP contribution >= 0.6 is 23.0 Å². The van der Waals surface area contributed by atoms with Crippen molar-refractivity contribution >= 4 is 45.9 Å².